The van der Waals surface area contributed by atoms with Gasteiger partial charge in [-0.25, -0.2) is 9.98 Å². The van der Waals surface area contributed by atoms with Crippen LogP contribution in [0.3, 0.4) is 0 Å². The molecular formula is C21H24N4O. The third-order valence-corrected chi connectivity index (χ3v) is 3.90. The van der Waals surface area contributed by atoms with Crippen LogP contribution >= 0.6 is 0 Å². The highest BCUT2D eigenvalue weighted by molar-refractivity contribution is 5.79. The van der Waals surface area contributed by atoms with Crippen molar-refractivity contribution in [3.05, 3.63) is 77.8 Å². The van der Waals surface area contributed by atoms with Gasteiger partial charge >= 0.3 is 0 Å². The summed E-state index contributed by atoms with van der Waals surface area (Å²) in [4.78, 5) is 8.95. The normalized spacial score (nSPS) is 11.4. The van der Waals surface area contributed by atoms with E-state index in [2.05, 4.69) is 51.8 Å². The molecule has 0 fully saturated rings. The molecule has 0 unspecified atom stereocenters. The second-order valence-electron chi connectivity index (χ2n) is 6.02. The molecule has 26 heavy (non-hydrogen) atoms. The summed E-state index contributed by atoms with van der Waals surface area (Å²) in [5.41, 5.74) is 3.42. The van der Waals surface area contributed by atoms with Crippen molar-refractivity contribution in [3.8, 4) is 11.3 Å². The zero-order valence-electron chi connectivity index (χ0n) is 15.2. The number of aliphatic imine (C=N–C) groups is 1. The standard InChI is InChI=1S/C21H24N4O/c1-3-22-21(24-13-17-7-5-4-6-8-17)25-15-20-23-14-19(26-20)18-11-9-16(2)10-12-18/h4-12,14H,3,13,15H2,1-2H3,(H2,22,24,25). The molecule has 5 nitrogen and oxygen atoms in total. The quantitative estimate of drug-likeness (QED) is 0.524. The van der Waals surface area contributed by atoms with E-state index in [0.717, 1.165) is 23.8 Å². The highest BCUT2D eigenvalue weighted by Crippen LogP contribution is 2.20. The van der Waals surface area contributed by atoms with Gasteiger partial charge in [0.05, 0.1) is 19.3 Å². The largest absolute Gasteiger partial charge is 0.439 e. The third-order valence-electron chi connectivity index (χ3n) is 3.90. The average Bonchev–Trinajstić information content (AvgIpc) is 3.14. The van der Waals surface area contributed by atoms with Crippen LogP contribution in [-0.2, 0) is 13.1 Å². The lowest BCUT2D eigenvalue weighted by atomic mass is 10.1. The van der Waals surface area contributed by atoms with Crippen molar-refractivity contribution in [1.82, 2.24) is 15.6 Å². The number of rotatable bonds is 6. The zero-order chi connectivity index (χ0) is 18.2. The number of hydrogen-bond acceptors (Lipinski definition) is 3. The number of guanidine groups is 1. The lowest BCUT2D eigenvalue weighted by Gasteiger charge is -2.09. The van der Waals surface area contributed by atoms with Crippen molar-refractivity contribution in [2.24, 2.45) is 4.99 Å². The van der Waals surface area contributed by atoms with Crippen LogP contribution in [0, 0.1) is 6.92 Å². The molecule has 1 aromatic heterocycles. The number of nitrogens with one attached hydrogen (secondary N) is 2. The van der Waals surface area contributed by atoms with Crippen molar-refractivity contribution in [3.63, 3.8) is 0 Å². The molecule has 2 N–H and O–H groups in total. The molecule has 134 valence electrons. The Hall–Kier alpha value is -3.08. The van der Waals surface area contributed by atoms with Crippen LogP contribution in [0.2, 0.25) is 0 Å². The van der Waals surface area contributed by atoms with Gasteiger partial charge in [0.1, 0.15) is 0 Å². The summed E-state index contributed by atoms with van der Waals surface area (Å²) in [6.07, 6.45) is 1.76. The predicted molar refractivity (Wildman–Crippen MR) is 105 cm³/mol. The van der Waals surface area contributed by atoms with E-state index in [1.54, 1.807) is 6.20 Å². The zero-order valence-corrected chi connectivity index (χ0v) is 15.2. The third kappa shape index (κ3) is 4.96. The van der Waals surface area contributed by atoms with E-state index in [9.17, 15) is 0 Å². The average molecular weight is 348 g/mol. The first-order valence-corrected chi connectivity index (χ1v) is 8.82. The Balaban J connectivity index is 1.61. The summed E-state index contributed by atoms with van der Waals surface area (Å²) in [5, 5.41) is 6.50. The van der Waals surface area contributed by atoms with E-state index in [-0.39, 0.29) is 0 Å². The fourth-order valence-corrected chi connectivity index (χ4v) is 2.50. The van der Waals surface area contributed by atoms with E-state index in [1.807, 2.05) is 37.3 Å². The fourth-order valence-electron chi connectivity index (χ4n) is 2.50. The van der Waals surface area contributed by atoms with Crippen LogP contribution < -0.4 is 10.6 Å². The summed E-state index contributed by atoms with van der Waals surface area (Å²) in [7, 11) is 0. The minimum atomic E-state index is 0.479. The summed E-state index contributed by atoms with van der Waals surface area (Å²) < 4.78 is 5.84. The molecule has 0 amide bonds. The number of aryl methyl sites for hydroxylation is 1. The van der Waals surface area contributed by atoms with Gasteiger partial charge < -0.3 is 15.1 Å². The van der Waals surface area contributed by atoms with Gasteiger partial charge in [-0.3, -0.25) is 0 Å². The molecule has 0 saturated heterocycles. The van der Waals surface area contributed by atoms with Gasteiger partial charge in [0, 0.05) is 12.1 Å². The Morgan fingerprint density at radius 3 is 2.54 bits per heavy atom. The summed E-state index contributed by atoms with van der Waals surface area (Å²) in [5.74, 6) is 2.14. The van der Waals surface area contributed by atoms with Gasteiger partial charge in [-0.05, 0) is 19.4 Å². The Morgan fingerprint density at radius 1 is 1.04 bits per heavy atom. The second-order valence-corrected chi connectivity index (χ2v) is 6.02. The highest BCUT2D eigenvalue weighted by atomic mass is 16.4. The number of hydrogen-bond donors (Lipinski definition) is 2. The van der Waals surface area contributed by atoms with Gasteiger partial charge in [0.15, 0.2) is 11.7 Å². The number of aromatic nitrogens is 1. The second kappa shape index (κ2) is 8.85. The molecule has 5 heteroatoms. The first kappa shape index (κ1) is 17.7. The minimum Gasteiger partial charge on any atom is -0.439 e. The van der Waals surface area contributed by atoms with Crippen LogP contribution in [0.5, 0.6) is 0 Å². The van der Waals surface area contributed by atoms with E-state index in [4.69, 9.17) is 4.42 Å². The molecule has 0 saturated carbocycles. The SMILES string of the molecule is CCNC(=NCc1ccccc1)NCc1ncc(-c2ccc(C)cc2)o1. The first-order chi connectivity index (χ1) is 12.7. The Kier molecular flexibility index (Phi) is 6.04. The topological polar surface area (TPSA) is 62.5 Å². The number of benzene rings is 2. The molecule has 0 aliphatic rings. The molecule has 0 spiro atoms. The van der Waals surface area contributed by atoms with Gasteiger partial charge in [-0.2, -0.15) is 0 Å². The van der Waals surface area contributed by atoms with E-state index >= 15 is 0 Å². The van der Waals surface area contributed by atoms with Crippen molar-refractivity contribution in [2.75, 3.05) is 6.54 Å². The van der Waals surface area contributed by atoms with Crippen LogP contribution in [0.4, 0.5) is 0 Å². The fraction of sp³-hybridized carbons (Fsp3) is 0.238. The van der Waals surface area contributed by atoms with Gasteiger partial charge in [0.25, 0.3) is 0 Å². The van der Waals surface area contributed by atoms with Gasteiger partial charge in [-0.1, -0.05) is 60.2 Å². The molecule has 1 heterocycles. The van der Waals surface area contributed by atoms with Crippen molar-refractivity contribution >= 4 is 5.96 Å². The molecule has 0 atom stereocenters. The molecule has 3 rings (SSSR count). The Labute approximate surface area is 154 Å². The summed E-state index contributed by atoms with van der Waals surface area (Å²) in [6.45, 7) is 6.00. The highest BCUT2D eigenvalue weighted by Gasteiger charge is 2.07. The maximum atomic E-state index is 5.84. The molecule has 0 bridgehead atoms. The lowest BCUT2D eigenvalue weighted by Crippen LogP contribution is -2.36. The van der Waals surface area contributed by atoms with E-state index in [0.29, 0.717) is 19.0 Å². The smallest absolute Gasteiger partial charge is 0.214 e. The minimum absolute atomic E-state index is 0.479. The Morgan fingerprint density at radius 2 is 1.81 bits per heavy atom. The van der Waals surface area contributed by atoms with Crippen molar-refractivity contribution in [1.29, 1.82) is 0 Å². The monoisotopic (exact) mass is 348 g/mol. The van der Waals surface area contributed by atoms with Crippen LogP contribution in [0.25, 0.3) is 11.3 Å². The molecular weight excluding hydrogens is 324 g/mol. The van der Waals surface area contributed by atoms with E-state index < -0.39 is 0 Å². The van der Waals surface area contributed by atoms with Crippen LogP contribution in [0.1, 0.15) is 23.9 Å². The molecule has 2 aromatic carbocycles. The molecule has 0 aliphatic carbocycles. The van der Waals surface area contributed by atoms with Crippen molar-refractivity contribution < 1.29 is 4.42 Å². The molecule has 0 aliphatic heterocycles. The molecule has 0 radical (unpaired) electrons. The first-order valence-electron chi connectivity index (χ1n) is 8.82. The number of oxazole rings is 1. The molecule has 3 aromatic rings. The summed E-state index contributed by atoms with van der Waals surface area (Å²) >= 11 is 0. The maximum Gasteiger partial charge on any atom is 0.214 e. The number of nitrogens with zero attached hydrogens (tertiary/aromatic N) is 2. The van der Waals surface area contributed by atoms with E-state index in [1.165, 1.54) is 11.1 Å². The Bertz CT molecular complexity index is 838. The predicted octanol–water partition coefficient (Wildman–Crippen LogP) is 3.91. The van der Waals surface area contributed by atoms with Crippen LogP contribution in [0.15, 0.2) is 70.2 Å². The summed E-state index contributed by atoms with van der Waals surface area (Å²) in [6, 6.07) is 18.4. The van der Waals surface area contributed by atoms with Crippen molar-refractivity contribution in [2.45, 2.75) is 26.9 Å². The maximum absolute atomic E-state index is 5.84. The van der Waals surface area contributed by atoms with Crippen LogP contribution in [-0.4, -0.2) is 17.5 Å². The van der Waals surface area contributed by atoms with Gasteiger partial charge in [0.2, 0.25) is 5.89 Å². The lowest BCUT2D eigenvalue weighted by molar-refractivity contribution is 0.497. The van der Waals surface area contributed by atoms with Gasteiger partial charge in [-0.15, -0.1) is 0 Å².